The highest BCUT2D eigenvalue weighted by Crippen LogP contribution is 2.29. The van der Waals surface area contributed by atoms with Gasteiger partial charge in [-0.15, -0.1) is 17.0 Å². The van der Waals surface area contributed by atoms with E-state index in [4.69, 9.17) is 11.5 Å². The van der Waals surface area contributed by atoms with Gasteiger partial charge in [0.2, 0.25) is 0 Å². The molecule has 3 aromatic heterocycles. The van der Waals surface area contributed by atoms with Crippen LogP contribution in [0.5, 0.6) is 0 Å². The van der Waals surface area contributed by atoms with E-state index in [2.05, 4.69) is 77.4 Å². The van der Waals surface area contributed by atoms with Crippen LogP contribution in [0.25, 0.3) is 33.1 Å². The quantitative estimate of drug-likeness (QED) is 0.158. The Morgan fingerprint density at radius 3 is 1.88 bits per heavy atom. The van der Waals surface area contributed by atoms with Crippen LogP contribution in [0.15, 0.2) is 93.6 Å². The Labute approximate surface area is 262 Å². The topological polar surface area (TPSA) is 166 Å². The molecular weight excluding hydrogens is 718 g/mol. The van der Waals surface area contributed by atoms with Crippen molar-refractivity contribution in [2.75, 3.05) is 29.9 Å². The van der Waals surface area contributed by atoms with E-state index in [9.17, 15) is 0 Å². The molecule has 208 valence electrons. The summed E-state index contributed by atoms with van der Waals surface area (Å²) in [6, 6.07) is 13.0. The lowest BCUT2D eigenvalue weighted by Gasteiger charge is -2.09. The van der Waals surface area contributed by atoms with Gasteiger partial charge in [-0.05, 0) is 74.3 Å². The fourth-order valence-electron chi connectivity index (χ4n) is 3.71. The number of halogens is 3. The molecule has 6 aromatic rings. The van der Waals surface area contributed by atoms with E-state index in [0.29, 0.717) is 5.69 Å². The Balaban J connectivity index is 0.000000144. The molecule has 6 N–H and O–H groups in total. The zero-order valence-electron chi connectivity index (χ0n) is 21.4. The number of nitrogens with two attached hydrogens (primary N) is 2. The molecule has 0 aliphatic carbocycles. The summed E-state index contributed by atoms with van der Waals surface area (Å²) in [5.41, 5.74) is 18.6. The van der Waals surface area contributed by atoms with Crippen molar-refractivity contribution in [1.29, 1.82) is 0 Å². The minimum absolute atomic E-state index is 0. The summed E-state index contributed by atoms with van der Waals surface area (Å²) in [6.07, 6.45) is 9.99. The van der Waals surface area contributed by atoms with Crippen molar-refractivity contribution in [1.82, 2.24) is 35.2 Å². The SMILES string of the molecule is Br.Brc1c(NC2=NCCN2)ccc2nccnc12.Nc1ccc2nccnc2c1.Nc1ccc2nccnc2c1Br. The molecule has 0 radical (unpaired) electrons. The molecule has 0 fully saturated rings. The summed E-state index contributed by atoms with van der Waals surface area (Å²) in [6.45, 7) is 1.70. The van der Waals surface area contributed by atoms with E-state index in [-0.39, 0.29) is 17.0 Å². The maximum atomic E-state index is 5.67. The molecule has 3 aromatic carbocycles. The monoisotopic (exact) mass is 739 g/mol. The summed E-state index contributed by atoms with van der Waals surface area (Å²) in [7, 11) is 0. The second-order valence-corrected chi connectivity index (χ2v) is 9.92. The molecule has 11 nitrogen and oxygen atoms in total. The highest BCUT2D eigenvalue weighted by molar-refractivity contribution is 9.11. The lowest BCUT2D eigenvalue weighted by atomic mass is 10.2. The Morgan fingerprint density at radius 1 is 0.659 bits per heavy atom. The van der Waals surface area contributed by atoms with Crippen molar-refractivity contribution in [3.05, 3.63) is 88.6 Å². The summed E-state index contributed by atoms with van der Waals surface area (Å²) in [5.74, 6) is 0.800. The third kappa shape index (κ3) is 7.39. The molecule has 14 heteroatoms. The van der Waals surface area contributed by atoms with Gasteiger partial charge in [0, 0.05) is 55.1 Å². The number of nitrogens with zero attached hydrogens (tertiary/aromatic N) is 7. The van der Waals surface area contributed by atoms with Crippen LogP contribution < -0.4 is 22.1 Å². The molecule has 0 saturated carbocycles. The van der Waals surface area contributed by atoms with Crippen molar-refractivity contribution in [3.63, 3.8) is 0 Å². The molecule has 0 atom stereocenters. The number of aliphatic imine (C=N–C) groups is 1. The van der Waals surface area contributed by atoms with Gasteiger partial charge >= 0.3 is 0 Å². The third-order valence-corrected chi connectivity index (χ3v) is 7.24. The Hall–Kier alpha value is -4.01. The normalized spacial score (nSPS) is 11.8. The first-order valence-corrected chi connectivity index (χ1v) is 13.6. The minimum atomic E-state index is 0. The predicted molar refractivity (Wildman–Crippen MR) is 177 cm³/mol. The number of benzene rings is 3. The molecule has 0 saturated heterocycles. The lowest BCUT2D eigenvalue weighted by Crippen LogP contribution is -2.26. The van der Waals surface area contributed by atoms with E-state index >= 15 is 0 Å². The Morgan fingerprint density at radius 2 is 1.22 bits per heavy atom. The van der Waals surface area contributed by atoms with Gasteiger partial charge in [-0.25, -0.2) is 0 Å². The average molecular weight is 742 g/mol. The number of guanidine groups is 1. The molecule has 0 amide bonds. The predicted octanol–water partition coefficient (Wildman–Crippen LogP) is 5.53. The third-order valence-electron chi connectivity index (χ3n) is 5.61. The van der Waals surface area contributed by atoms with Gasteiger partial charge in [0.1, 0.15) is 11.0 Å². The van der Waals surface area contributed by atoms with Crippen LogP contribution in [0.1, 0.15) is 0 Å². The molecule has 0 spiro atoms. The number of hydrogen-bond acceptors (Lipinski definition) is 11. The smallest absolute Gasteiger partial charge is 0.195 e. The molecule has 41 heavy (non-hydrogen) atoms. The molecule has 0 unspecified atom stereocenters. The number of nitrogen functional groups attached to an aromatic ring is 2. The zero-order chi connectivity index (χ0) is 27.9. The van der Waals surface area contributed by atoms with Crippen LogP contribution >= 0.6 is 48.8 Å². The van der Waals surface area contributed by atoms with Gasteiger partial charge in [0.15, 0.2) is 5.96 Å². The van der Waals surface area contributed by atoms with Crippen LogP contribution in [-0.4, -0.2) is 49.0 Å². The molecule has 4 heterocycles. The maximum Gasteiger partial charge on any atom is 0.195 e. The highest BCUT2D eigenvalue weighted by atomic mass is 79.9. The lowest BCUT2D eigenvalue weighted by molar-refractivity contribution is 0.959. The second-order valence-electron chi connectivity index (χ2n) is 8.33. The number of rotatable bonds is 1. The zero-order valence-corrected chi connectivity index (χ0v) is 26.3. The van der Waals surface area contributed by atoms with E-state index in [0.717, 1.165) is 72.5 Å². The van der Waals surface area contributed by atoms with Crippen molar-refractivity contribution < 1.29 is 0 Å². The summed E-state index contributed by atoms with van der Waals surface area (Å²) >= 11 is 6.89. The van der Waals surface area contributed by atoms with E-state index < -0.39 is 0 Å². The van der Waals surface area contributed by atoms with E-state index in [1.54, 1.807) is 43.2 Å². The van der Waals surface area contributed by atoms with Gasteiger partial charge in [0.05, 0.1) is 43.2 Å². The Bertz CT molecular complexity index is 1830. The fourth-order valence-corrected chi connectivity index (χ4v) is 4.68. The summed E-state index contributed by atoms with van der Waals surface area (Å²) in [5, 5.41) is 6.39. The number of aromatic nitrogens is 6. The minimum Gasteiger partial charge on any atom is -0.399 e. The van der Waals surface area contributed by atoms with E-state index in [1.807, 2.05) is 36.4 Å². The number of fused-ring (bicyclic) bond motifs is 3. The van der Waals surface area contributed by atoms with Gasteiger partial charge in [-0.2, -0.15) is 0 Å². The largest absolute Gasteiger partial charge is 0.399 e. The summed E-state index contributed by atoms with van der Waals surface area (Å²) < 4.78 is 1.72. The van der Waals surface area contributed by atoms with Crippen molar-refractivity contribution in [2.45, 2.75) is 0 Å². The van der Waals surface area contributed by atoms with Crippen LogP contribution in [0, 0.1) is 0 Å². The molecule has 1 aliphatic rings. The number of hydrogen-bond donors (Lipinski definition) is 4. The van der Waals surface area contributed by atoms with Crippen molar-refractivity contribution in [3.8, 4) is 0 Å². The fraction of sp³-hybridized carbons (Fsp3) is 0.0741. The van der Waals surface area contributed by atoms with Crippen LogP contribution in [-0.2, 0) is 0 Å². The first kappa shape index (κ1) is 30.0. The standard InChI is InChI=1S/C11H10BrN5.C8H6BrN3.C8H7N3.BrH/c12-9-7(17-11-15-5-6-16-11)1-2-8-10(9)14-4-3-13-8;9-7-5(10)1-2-6-8(7)12-4-3-11-6;9-6-1-2-7-8(5-6)11-4-3-10-7;/h1-4H,5-6H2,(H2,15,16,17);1-4H,10H2;1-5H,9H2;1H. The van der Waals surface area contributed by atoms with Gasteiger partial charge in [0.25, 0.3) is 0 Å². The van der Waals surface area contributed by atoms with Crippen molar-refractivity contribution >= 4 is 105 Å². The molecule has 0 bridgehead atoms. The Kier molecular flexibility index (Phi) is 10.3. The summed E-state index contributed by atoms with van der Waals surface area (Å²) in [4.78, 5) is 29.3. The van der Waals surface area contributed by atoms with Crippen molar-refractivity contribution in [2.24, 2.45) is 4.99 Å². The van der Waals surface area contributed by atoms with Crippen LogP contribution in [0.4, 0.5) is 17.1 Å². The molecule has 7 rings (SSSR count). The van der Waals surface area contributed by atoms with Crippen LogP contribution in [0.3, 0.4) is 0 Å². The van der Waals surface area contributed by atoms with Gasteiger partial charge < -0.3 is 22.1 Å². The highest BCUT2D eigenvalue weighted by Gasteiger charge is 2.10. The second kappa shape index (κ2) is 14.1. The number of anilines is 3. The van der Waals surface area contributed by atoms with Crippen LogP contribution in [0.2, 0.25) is 0 Å². The number of nitrogens with one attached hydrogen (secondary N) is 2. The first-order chi connectivity index (χ1) is 19.5. The molecule has 1 aliphatic heterocycles. The van der Waals surface area contributed by atoms with Gasteiger partial charge in [-0.1, -0.05) is 0 Å². The maximum absolute atomic E-state index is 5.67. The first-order valence-electron chi connectivity index (χ1n) is 12.0. The van der Waals surface area contributed by atoms with Gasteiger partial charge in [-0.3, -0.25) is 34.9 Å². The van der Waals surface area contributed by atoms with E-state index in [1.165, 1.54) is 0 Å². The average Bonchev–Trinajstić information content (AvgIpc) is 3.51. The molecular formula is C27H24Br3N11.